The highest BCUT2D eigenvalue weighted by molar-refractivity contribution is 7.89. The van der Waals surface area contributed by atoms with Crippen molar-refractivity contribution in [1.29, 1.82) is 0 Å². The molecule has 1 aliphatic rings. The smallest absolute Gasteiger partial charge is 0.254 e. The number of carbonyl (C=O) groups excluding carboxylic acids is 1. The molecular weight excluding hydrogens is 625 g/mol. The number of halogens is 2. The minimum Gasteiger partial charge on any atom is -0.488 e. The second-order valence-corrected chi connectivity index (χ2v) is 14.0. The first-order valence-electron chi connectivity index (χ1n) is 15.3. The SMILES string of the molecule is CCN(Cc1cc(C)c(OCc2ccc(C)cc2)c(C)c1)C(=O)c1ccc(Cl)c(S(=O)(=O)N2CCN(c3ccc(F)cc3)CC2)c1. The van der Waals surface area contributed by atoms with Crippen molar-refractivity contribution in [2.45, 2.75) is 45.7 Å². The third-order valence-corrected chi connectivity index (χ3v) is 10.7. The Balaban J connectivity index is 1.28. The molecule has 10 heteroatoms. The van der Waals surface area contributed by atoms with E-state index in [0.29, 0.717) is 32.8 Å². The summed E-state index contributed by atoms with van der Waals surface area (Å²) in [5.74, 6) is 0.217. The van der Waals surface area contributed by atoms with Crippen molar-refractivity contribution in [1.82, 2.24) is 9.21 Å². The molecule has 46 heavy (non-hydrogen) atoms. The summed E-state index contributed by atoms with van der Waals surface area (Å²) >= 11 is 6.42. The van der Waals surface area contributed by atoms with Crippen LogP contribution in [-0.4, -0.2) is 56.3 Å². The van der Waals surface area contributed by atoms with Crippen LogP contribution >= 0.6 is 11.6 Å². The first-order chi connectivity index (χ1) is 22.0. The molecule has 4 aromatic rings. The van der Waals surface area contributed by atoms with Gasteiger partial charge in [0.05, 0.1) is 5.02 Å². The van der Waals surface area contributed by atoms with Gasteiger partial charge < -0.3 is 14.5 Å². The van der Waals surface area contributed by atoms with Crippen LogP contribution in [0.1, 0.15) is 45.1 Å². The van der Waals surface area contributed by atoms with Crippen LogP contribution < -0.4 is 9.64 Å². The van der Waals surface area contributed by atoms with Gasteiger partial charge in [-0.3, -0.25) is 4.79 Å². The number of hydrogen-bond acceptors (Lipinski definition) is 5. The van der Waals surface area contributed by atoms with Crippen molar-refractivity contribution in [3.8, 4) is 5.75 Å². The van der Waals surface area contributed by atoms with Gasteiger partial charge in [-0.2, -0.15) is 4.31 Å². The molecule has 1 fully saturated rings. The van der Waals surface area contributed by atoms with Gasteiger partial charge in [0, 0.05) is 50.5 Å². The van der Waals surface area contributed by atoms with Crippen LogP contribution in [0.4, 0.5) is 10.1 Å². The Bertz CT molecular complexity index is 1780. The molecule has 1 heterocycles. The number of benzene rings is 4. The number of hydrogen-bond donors (Lipinski definition) is 0. The number of nitrogens with zero attached hydrogens (tertiary/aromatic N) is 3. The highest BCUT2D eigenvalue weighted by atomic mass is 35.5. The average Bonchev–Trinajstić information content (AvgIpc) is 3.04. The Morgan fingerprint density at radius 1 is 0.870 bits per heavy atom. The Kier molecular flexibility index (Phi) is 10.4. The minimum atomic E-state index is -3.97. The molecule has 0 spiro atoms. The normalized spacial score (nSPS) is 13.9. The number of sulfonamides is 1. The van der Waals surface area contributed by atoms with Crippen molar-refractivity contribution >= 4 is 33.2 Å². The predicted molar refractivity (Wildman–Crippen MR) is 181 cm³/mol. The first-order valence-corrected chi connectivity index (χ1v) is 17.2. The van der Waals surface area contributed by atoms with Gasteiger partial charge in [0.2, 0.25) is 10.0 Å². The zero-order chi connectivity index (χ0) is 33.0. The van der Waals surface area contributed by atoms with E-state index in [0.717, 1.165) is 33.7 Å². The van der Waals surface area contributed by atoms with Crippen molar-refractivity contribution in [2.24, 2.45) is 0 Å². The molecule has 0 aromatic heterocycles. The molecule has 0 atom stereocenters. The van der Waals surface area contributed by atoms with E-state index >= 15 is 0 Å². The number of aryl methyl sites for hydroxylation is 3. The summed E-state index contributed by atoms with van der Waals surface area (Å²) < 4.78 is 48.3. The Morgan fingerprint density at radius 2 is 1.50 bits per heavy atom. The van der Waals surface area contributed by atoms with Gasteiger partial charge >= 0.3 is 0 Å². The quantitative estimate of drug-likeness (QED) is 0.180. The fraction of sp³-hybridized carbons (Fsp3) is 0.306. The van der Waals surface area contributed by atoms with Crippen molar-refractivity contribution in [3.05, 3.63) is 123 Å². The third-order valence-electron chi connectivity index (χ3n) is 8.29. The topological polar surface area (TPSA) is 70.2 Å². The summed E-state index contributed by atoms with van der Waals surface area (Å²) in [5.41, 5.74) is 6.28. The van der Waals surface area contributed by atoms with Crippen LogP contribution in [0.3, 0.4) is 0 Å². The first kappa shape index (κ1) is 33.4. The van der Waals surface area contributed by atoms with Gasteiger partial charge in [-0.05, 0) is 92.4 Å². The van der Waals surface area contributed by atoms with E-state index in [1.807, 2.05) is 37.8 Å². The molecule has 1 aliphatic heterocycles. The number of ether oxygens (including phenoxy) is 1. The van der Waals surface area contributed by atoms with E-state index in [-0.39, 0.29) is 40.3 Å². The Morgan fingerprint density at radius 3 is 2.11 bits per heavy atom. The molecule has 0 aliphatic carbocycles. The number of amides is 1. The molecule has 0 unspecified atom stereocenters. The van der Waals surface area contributed by atoms with E-state index in [9.17, 15) is 17.6 Å². The lowest BCUT2D eigenvalue weighted by Gasteiger charge is -2.35. The Labute approximate surface area is 276 Å². The predicted octanol–water partition coefficient (Wildman–Crippen LogP) is 7.16. The fourth-order valence-corrected chi connectivity index (χ4v) is 7.66. The van der Waals surface area contributed by atoms with E-state index in [1.54, 1.807) is 23.1 Å². The molecule has 7 nitrogen and oxygen atoms in total. The van der Waals surface area contributed by atoms with Crippen molar-refractivity contribution in [3.63, 3.8) is 0 Å². The number of piperazine rings is 1. The molecule has 1 saturated heterocycles. The summed E-state index contributed by atoms with van der Waals surface area (Å²) in [6.07, 6.45) is 0. The molecule has 0 saturated carbocycles. The number of carbonyl (C=O) groups is 1. The van der Waals surface area contributed by atoms with Crippen molar-refractivity contribution in [2.75, 3.05) is 37.6 Å². The second-order valence-electron chi connectivity index (χ2n) is 11.7. The third kappa shape index (κ3) is 7.54. The van der Waals surface area contributed by atoms with Crippen molar-refractivity contribution < 1.29 is 22.3 Å². The van der Waals surface area contributed by atoms with E-state index in [1.165, 1.54) is 34.1 Å². The maximum Gasteiger partial charge on any atom is 0.254 e. The largest absolute Gasteiger partial charge is 0.488 e. The Hall–Kier alpha value is -3.92. The highest BCUT2D eigenvalue weighted by Gasteiger charge is 2.31. The molecule has 4 aromatic carbocycles. The number of anilines is 1. The maximum atomic E-state index is 13.7. The lowest BCUT2D eigenvalue weighted by atomic mass is 10.0. The van der Waals surface area contributed by atoms with Crippen LogP contribution in [0.5, 0.6) is 5.75 Å². The van der Waals surface area contributed by atoms with Crippen LogP contribution in [0.25, 0.3) is 0 Å². The second kappa shape index (κ2) is 14.2. The van der Waals surface area contributed by atoms with Gasteiger partial charge in [-0.1, -0.05) is 53.6 Å². The summed E-state index contributed by atoms with van der Waals surface area (Å²) in [6.45, 7) is 10.5. The number of rotatable bonds is 10. The summed E-state index contributed by atoms with van der Waals surface area (Å²) in [6, 6.07) is 22.9. The van der Waals surface area contributed by atoms with E-state index in [2.05, 4.69) is 31.2 Å². The average molecular weight is 664 g/mol. The minimum absolute atomic E-state index is 0.0630. The summed E-state index contributed by atoms with van der Waals surface area (Å²) in [4.78, 5) is 17.3. The summed E-state index contributed by atoms with van der Waals surface area (Å²) in [5, 5.41) is 0.0630. The zero-order valence-corrected chi connectivity index (χ0v) is 28.2. The molecule has 0 radical (unpaired) electrons. The van der Waals surface area contributed by atoms with E-state index < -0.39 is 10.0 Å². The van der Waals surface area contributed by atoms with Crippen LogP contribution in [0.15, 0.2) is 83.8 Å². The standard InChI is InChI=1S/C36H39ClFN3O4S/c1-5-39(23-29-20-26(3)35(27(4)21-29)45-24-28-8-6-25(2)7-9-28)36(42)30-10-15-33(37)34(22-30)46(43,44)41-18-16-40(17-19-41)32-13-11-31(38)12-14-32/h6-15,20-22H,5,16-19,23-24H2,1-4H3. The van der Waals surface area contributed by atoms with Gasteiger partial charge in [0.25, 0.3) is 5.91 Å². The van der Waals surface area contributed by atoms with Crippen LogP contribution in [-0.2, 0) is 23.2 Å². The molecule has 1 amide bonds. The molecule has 0 bridgehead atoms. The molecule has 242 valence electrons. The monoisotopic (exact) mass is 663 g/mol. The highest BCUT2D eigenvalue weighted by Crippen LogP contribution is 2.30. The van der Waals surface area contributed by atoms with Gasteiger partial charge in [-0.25, -0.2) is 12.8 Å². The van der Waals surface area contributed by atoms with Gasteiger partial charge in [0.1, 0.15) is 23.1 Å². The fourth-order valence-electron chi connectivity index (χ4n) is 5.74. The van der Waals surface area contributed by atoms with Gasteiger partial charge in [0.15, 0.2) is 0 Å². The zero-order valence-electron chi connectivity index (χ0n) is 26.6. The molecule has 5 rings (SSSR count). The van der Waals surface area contributed by atoms with Crippen LogP contribution in [0.2, 0.25) is 5.02 Å². The van der Waals surface area contributed by atoms with E-state index in [4.69, 9.17) is 16.3 Å². The molecule has 0 N–H and O–H groups in total. The van der Waals surface area contributed by atoms with Crippen LogP contribution in [0, 0.1) is 26.6 Å². The lowest BCUT2D eigenvalue weighted by molar-refractivity contribution is 0.0752. The lowest BCUT2D eigenvalue weighted by Crippen LogP contribution is -2.48. The van der Waals surface area contributed by atoms with Gasteiger partial charge in [-0.15, -0.1) is 0 Å². The maximum absolute atomic E-state index is 13.7. The molecular formula is C36H39ClFN3O4S. The summed E-state index contributed by atoms with van der Waals surface area (Å²) in [7, 11) is -3.97.